The molecule has 0 spiro atoms. The molecule has 2 aliphatic heterocycles. The molecule has 0 aliphatic carbocycles. The third-order valence-electron chi connectivity index (χ3n) is 4.78. The molecule has 2 N–H and O–H groups in total. The number of rotatable bonds is 6. The van der Waals surface area contributed by atoms with Crippen LogP contribution in [-0.4, -0.2) is 48.6 Å². The van der Waals surface area contributed by atoms with Gasteiger partial charge in [-0.25, -0.2) is 4.79 Å². The van der Waals surface area contributed by atoms with Gasteiger partial charge in [0.05, 0.1) is 6.10 Å². The molecule has 25 heavy (non-hydrogen) atoms. The first-order valence-corrected chi connectivity index (χ1v) is 9.20. The van der Waals surface area contributed by atoms with Gasteiger partial charge >= 0.3 is 6.03 Å². The molecule has 0 bridgehead atoms. The largest absolute Gasteiger partial charge is 0.381 e. The fourth-order valence-electron chi connectivity index (χ4n) is 3.24. The Morgan fingerprint density at radius 2 is 2.04 bits per heavy atom. The number of carbonyl (C=O) groups excluding carboxylic acids is 1. The van der Waals surface area contributed by atoms with E-state index in [4.69, 9.17) is 14.0 Å². The average molecular weight is 352 g/mol. The molecule has 2 fully saturated rings. The number of nitrogens with one attached hydrogen (secondary N) is 2. The zero-order chi connectivity index (χ0) is 17.6. The number of hydrogen-bond donors (Lipinski definition) is 2. The minimum absolute atomic E-state index is 0.114. The van der Waals surface area contributed by atoms with Crippen molar-refractivity contribution in [1.82, 2.24) is 20.8 Å². The lowest BCUT2D eigenvalue weighted by molar-refractivity contribution is 0.0501. The molecule has 0 radical (unpaired) electrons. The van der Waals surface area contributed by atoms with E-state index in [1.54, 1.807) is 0 Å². The van der Waals surface area contributed by atoms with E-state index in [-0.39, 0.29) is 30.0 Å². The van der Waals surface area contributed by atoms with Crippen molar-refractivity contribution in [2.24, 2.45) is 5.92 Å². The van der Waals surface area contributed by atoms with Crippen molar-refractivity contribution in [3.05, 3.63) is 11.7 Å². The molecule has 2 saturated heterocycles. The number of aromatic nitrogens is 2. The van der Waals surface area contributed by atoms with Gasteiger partial charge in [0.2, 0.25) is 5.89 Å². The molecule has 8 heteroatoms. The molecule has 2 aliphatic rings. The highest BCUT2D eigenvalue weighted by molar-refractivity contribution is 5.74. The van der Waals surface area contributed by atoms with E-state index < -0.39 is 0 Å². The first kappa shape index (κ1) is 18.1. The molecule has 8 nitrogen and oxygen atoms in total. The van der Waals surface area contributed by atoms with Crippen LogP contribution in [0.3, 0.4) is 0 Å². The monoisotopic (exact) mass is 352 g/mol. The van der Waals surface area contributed by atoms with E-state index >= 15 is 0 Å². The van der Waals surface area contributed by atoms with Crippen LogP contribution in [0.15, 0.2) is 4.52 Å². The maximum absolute atomic E-state index is 12.4. The standard InChI is InChI=1S/C17H28N4O4/c1-11(2)15-20-16(25-21-15)14(12-5-8-23-9-6-12)19-17(22)18-10-13-4-3-7-24-13/h11-14H,3-10H2,1-2H3,(H2,18,19,22). The Balaban J connectivity index is 1.63. The van der Waals surface area contributed by atoms with Crippen LogP contribution in [0.25, 0.3) is 0 Å². The summed E-state index contributed by atoms with van der Waals surface area (Å²) < 4.78 is 16.4. The molecule has 1 aromatic heterocycles. The Kier molecular flexibility index (Phi) is 6.25. The van der Waals surface area contributed by atoms with Gasteiger partial charge in [0.25, 0.3) is 0 Å². The SMILES string of the molecule is CC(C)c1noc(C(NC(=O)NCC2CCCO2)C2CCOCC2)n1. The molecule has 3 rings (SSSR count). The van der Waals surface area contributed by atoms with Crippen LogP contribution in [0, 0.1) is 5.92 Å². The lowest BCUT2D eigenvalue weighted by Crippen LogP contribution is -2.44. The molecular formula is C17H28N4O4. The van der Waals surface area contributed by atoms with Gasteiger partial charge in [-0.05, 0) is 31.6 Å². The maximum Gasteiger partial charge on any atom is 0.315 e. The van der Waals surface area contributed by atoms with Crippen LogP contribution >= 0.6 is 0 Å². The smallest absolute Gasteiger partial charge is 0.315 e. The zero-order valence-electron chi connectivity index (χ0n) is 15.0. The first-order chi connectivity index (χ1) is 12.1. The number of hydrogen-bond acceptors (Lipinski definition) is 6. The summed E-state index contributed by atoms with van der Waals surface area (Å²) in [6, 6.07) is -0.523. The third kappa shape index (κ3) is 4.92. The Morgan fingerprint density at radius 3 is 2.68 bits per heavy atom. The first-order valence-electron chi connectivity index (χ1n) is 9.20. The lowest BCUT2D eigenvalue weighted by Gasteiger charge is -2.28. The van der Waals surface area contributed by atoms with Crippen LogP contribution in [0.4, 0.5) is 4.79 Å². The number of urea groups is 1. The van der Waals surface area contributed by atoms with E-state index in [1.165, 1.54) is 0 Å². The summed E-state index contributed by atoms with van der Waals surface area (Å²) in [6.45, 7) is 6.70. The van der Waals surface area contributed by atoms with Crippen molar-refractivity contribution in [3.63, 3.8) is 0 Å². The predicted octanol–water partition coefficient (Wildman–Crippen LogP) is 2.14. The second kappa shape index (κ2) is 8.62. The Bertz CT molecular complexity index is 551. The molecule has 140 valence electrons. The summed E-state index contributed by atoms with van der Waals surface area (Å²) in [6.07, 6.45) is 3.87. The Labute approximate surface area is 148 Å². The van der Waals surface area contributed by atoms with Gasteiger partial charge in [-0.15, -0.1) is 0 Å². The van der Waals surface area contributed by atoms with Crippen molar-refractivity contribution < 1.29 is 18.8 Å². The van der Waals surface area contributed by atoms with Crippen LogP contribution in [0.1, 0.15) is 63.2 Å². The summed E-state index contributed by atoms with van der Waals surface area (Å²) in [5, 5.41) is 9.96. The normalized spacial score (nSPS) is 22.9. The third-order valence-corrected chi connectivity index (χ3v) is 4.78. The zero-order valence-corrected chi connectivity index (χ0v) is 15.0. The van der Waals surface area contributed by atoms with E-state index in [1.807, 2.05) is 13.8 Å². The summed E-state index contributed by atoms with van der Waals surface area (Å²) >= 11 is 0. The molecule has 3 heterocycles. The second-order valence-electron chi connectivity index (χ2n) is 7.06. The van der Waals surface area contributed by atoms with Crippen LogP contribution in [0.5, 0.6) is 0 Å². The van der Waals surface area contributed by atoms with Crippen LogP contribution < -0.4 is 10.6 Å². The van der Waals surface area contributed by atoms with E-state index in [0.717, 1.165) is 32.3 Å². The average Bonchev–Trinajstić information content (AvgIpc) is 3.30. The van der Waals surface area contributed by atoms with Crippen molar-refractivity contribution >= 4 is 6.03 Å². The maximum atomic E-state index is 12.4. The number of ether oxygens (including phenoxy) is 2. The van der Waals surface area contributed by atoms with Crippen molar-refractivity contribution in [3.8, 4) is 0 Å². The molecule has 1 aromatic rings. The van der Waals surface area contributed by atoms with E-state index in [0.29, 0.717) is 31.5 Å². The van der Waals surface area contributed by atoms with Crippen LogP contribution in [-0.2, 0) is 9.47 Å². The van der Waals surface area contributed by atoms with Crippen LogP contribution in [0.2, 0.25) is 0 Å². The minimum atomic E-state index is -0.298. The van der Waals surface area contributed by atoms with Gasteiger partial charge in [-0.2, -0.15) is 4.98 Å². The van der Waals surface area contributed by atoms with Crippen molar-refractivity contribution in [2.75, 3.05) is 26.4 Å². The van der Waals surface area contributed by atoms with Crippen molar-refractivity contribution in [1.29, 1.82) is 0 Å². The lowest BCUT2D eigenvalue weighted by atomic mass is 9.91. The molecule has 2 unspecified atom stereocenters. The number of nitrogens with zero attached hydrogens (tertiary/aromatic N) is 2. The topological polar surface area (TPSA) is 98.5 Å². The fraction of sp³-hybridized carbons (Fsp3) is 0.824. The quantitative estimate of drug-likeness (QED) is 0.814. The highest BCUT2D eigenvalue weighted by Gasteiger charge is 2.32. The van der Waals surface area contributed by atoms with Gasteiger partial charge in [0, 0.05) is 32.3 Å². The summed E-state index contributed by atoms with van der Waals surface area (Å²) in [5.41, 5.74) is 0. The molecular weight excluding hydrogens is 324 g/mol. The molecule has 2 atom stereocenters. The molecule has 2 amide bonds. The summed E-state index contributed by atoms with van der Waals surface area (Å²) in [7, 11) is 0. The van der Waals surface area contributed by atoms with Gasteiger partial charge in [0.15, 0.2) is 5.82 Å². The molecule has 0 saturated carbocycles. The van der Waals surface area contributed by atoms with E-state index in [9.17, 15) is 4.79 Å². The Hall–Kier alpha value is -1.67. The molecule has 0 aromatic carbocycles. The second-order valence-corrected chi connectivity index (χ2v) is 7.06. The number of carbonyl (C=O) groups is 1. The Morgan fingerprint density at radius 1 is 1.24 bits per heavy atom. The predicted molar refractivity (Wildman–Crippen MR) is 90.2 cm³/mol. The summed E-state index contributed by atoms with van der Waals surface area (Å²) in [4.78, 5) is 16.9. The van der Waals surface area contributed by atoms with Gasteiger partial charge in [-0.3, -0.25) is 0 Å². The van der Waals surface area contributed by atoms with Gasteiger partial charge < -0.3 is 24.6 Å². The van der Waals surface area contributed by atoms with Crippen molar-refractivity contribution in [2.45, 2.75) is 57.6 Å². The highest BCUT2D eigenvalue weighted by atomic mass is 16.5. The summed E-state index contributed by atoms with van der Waals surface area (Å²) in [5.74, 6) is 1.54. The fourth-order valence-corrected chi connectivity index (χ4v) is 3.24. The minimum Gasteiger partial charge on any atom is -0.381 e. The van der Waals surface area contributed by atoms with Gasteiger partial charge in [-0.1, -0.05) is 19.0 Å². The highest BCUT2D eigenvalue weighted by Crippen LogP contribution is 2.29. The number of amides is 2. The van der Waals surface area contributed by atoms with E-state index in [2.05, 4.69) is 20.8 Å². The van der Waals surface area contributed by atoms with Gasteiger partial charge in [0.1, 0.15) is 6.04 Å².